The summed E-state index contributed by atoms with van der Waals surface area (Å²) in [6.07, 6.45) is 0.115. The number of carbonyl (C=O) groups excluding carboxylic acids is 1. The third-order valence-electron chi connectivity index (χ3n) is 2.81. The Balaban J connectivity index is 1.89. The number of benzene rings is 1. The first-order chi connectivity index (χ1) is 11.0. The molecule has 0 fully saturated rings. The van der Waals surface area contributed by atoms with Gasteiger partial charge in [-0.05, 0) is 18.2 Å². The third-order valence-corrected chi connectivity index (χ3v) is 3.20. The molecule has 0 bridgehead atoms. The van der Waals surface area contributed by atoms with E-state index in [9.17, 15) is 14.9 Å². The monoisotopic (exact) mass is 354 g/mol. The van der Waals surface area contributed by atoms with Crippen LogP contribution in [0.3, 0.4) is 0 Å². The number of pyridine rings is 1. The standard InChI is InChI=1S/C14H12Cl2N4O3/c15-12-7-9(8-13(16)19-12)18-14(21)5-6-17-10-3-1-2-4-11(10)20(22)23/h1-4,7-8,17H,5-6H2,(H,18,19,21). The van der Waals surface area contributed by atoms with Crippen molar-refractivity contribution in [2.45, 2.75) is 6.42 Å². The third kappa shape index (κ3) is 5.08. The number of carbonyl (C=O) groups is 1. The molecule has 1 heterocycles. The van der Waals surface area contributed by atoms with Gasteiger partial charge in [-0.15, -0.1) is 0 Å². The lowest BCUT2D eigenvalue weighted by molar-refractivity contribution is -0.384. The number of rotatable bonds is 6. The van der Waals surface area contributed by atoms with E-state index in [-0.39, 0.29) is 34.9 Å². The van der Waals surface area contributed by atoms with Crippen molar-refractivity contribution in [3.8, 4) is 0 Å². The van der Waals surface area contributed by atoms with Crippen molar-refractivity contribution in [2.24, 2.45) is 0 Å². The van der Waals surface area contributed by atoms with E-state index in [0.717, 1.165) is 0 Å². The molecule has 120 valence electrons. The van der Waals surface area contributed by atoms with Gasteiger partial charge in [-0.2, -0.15) is 0 Å². The van der Waals surface area contributed by atoms with Crippen LogP contribution in [0.25, 0.3) is 0 Å². The molecule has 0 radical (unpaired) electrons. The van der Waals surface area contributed by atoms with Crippen LogP contribution in [-0.4, -0.2) is 22.4 Å². The second-order valence-electron chi connectivity index (χ2n) is 4.50. The molecule has 0 atom stereocenters. The number of halogens is 2. The molecule has 2 N–H and O–H groups in total. The summed E-state index contributed by atoms with van der Waals surface area (Å²) in [6.45, 7) is 0.239. The quantitative estimate of drug-likeness (QED) is 0.467. The maximum absolute atomic E-state index is 11.9. The zero-order chi connectivity index (χ0) is 16.8. The fraction of sp³-hybridized carbons (Fsp3) is 0.143. The van der Waals surface area contributed by atoms with Crippen molar-refractivity contribution in [1.29, 1.82) is 0 Å². The molecule has 0 aliphatic rings. The lowest BCUT2D eigenvalue weighted by atomic mass is 10.2. The lowest BCUT2D eigenvalue weighted by Crippen LogP contribution is -2.16. The lowest BCUT2D eigenvalue weighted by Gasteiger charge is -2.08. The minimum Gasteiger partial charge on any atom is -0.379 e. The number of nitro groups is 1. The Kier molecular flexibility index (Phi) is 5.72. The molecule has 23 heavy (non-hydrogen) atoms. The van der Waals surface area contributed by atoms with Crippen molar-refractivity contribution >= 4 is 46.2 Å². The Labute approximate surface area is 141 Å². The second-order valence-corrected chi connectivity index (χ2v) is 5.27. The molecular weight excluding hydrogens is 343 g/mol. The summed E-state index contributed by atoms with van der Waals surface area (Å²) in [4.78, 5) is 26.0. The molecule has 1 amide bonds. The molecule has 0 aliphatic heterocycles. The highest BCUT2D eigenvalue weighted by atomic mass is 35.5. The number of anilines is 2. The molecule has 0 spiro atoms. The Hall–Kier alpha value is -2.38. The van der Waals surface area contributed by atoms with Gasteiger partial charge in [-0.3, -0.25) is 14.9 Å². The number of hydrogen-bond acceptors (Lipinski definition) is 5. The van der Waals surface area contributed by atoms with Crippen molar-refractivity contribution in [1.82, 2.24) is 4.98 Å². The molecule has 0 aliphatic carbocycles. The van der Waals surface area contributed by atoms with Crippen LogP contribution >= 0.6 is 23.2 Å². The topological polar surface area (TPSA) is 97.2 Å². The number of hydrogen-bond donors (Lipinski definition) is 2. The molecule has 1 aromatic heterocycles. The van der Waals surface area contributed by atoms with E-state index in [4.69, 9.17) is 23.2 Å². The molecule has 9 heteroatoms. The smallest absolute Gasteiger partial charge is 0.292 e. The Morgan fingerprint density at radius 1 is 1.22 bits per heavy atom. The number of nitro benzene ring substituents is 1. The maximum Gasteiger partial charge on any atom is 0.292 e. The van der Waals surface area contributed by atoms with Gasteiger partial charge in [0.25, 0.3) is 5.69 Å². The van der Waals surface area contributed by atoms with Gasteiger partial charge >= 0.3 is 0 Å². The highest BCUT2D eigenvalue weighted by Gasteiger charge is 2.12. The SMILES string of the molecule is O=C(CCNc1ccccc1[N+](=O)[O-])Nc1cc(Cl)nc(Cl)c1. The van der Waals surface area contributed by atoms with Crippen LogP contribution in [0.1, 0.15) is 6.42 Å². The maximum atomic E-state index is 11.9. The predicted molar refractivity (Wildman–Crippen MR) is 89.1 cm³/mol. The second kappa shape index (κ2) is 7.75. The summed E-state index contributed by atoms with van der Waals surface area (Å²) in [6, 6.07) is 9.17. The summed E-state index contributed by atoms with van der Waals surface area (Å²) in [5.41, 5.74) is 0.756. The van der Waals surface area contributed by atoms with E-state index in [0.29, 0.717) is 11.4 Å². The fourth-order valence-corrected chi connectivity index (χ4v) is 2.31. The molecule has 0 unspecified atom stereocenters. The Morgan fingerprint density at radius 3 is 2.52 bits per heavy atom. The minimum atomic E-state index is -0.483. The summed E-state index contributed by atoms with van der Waals surface area (Å²) in [5.74, 6) is -0.283. The average Bonchev–Trinajstić information content (AvgIpc) is 2.46. The van der Waals surface area contributed by atoms with E-state index in [1.54, 1.807) is 18.2 Å². The Morgan fingerprint density at radius 2 is 1.87 bits per heavy atom. The van der Waals surface area contributed by atoms with Crippen molar-refractivity contribution in [3.05, 3.63) is 56.8 Å². The van der Waals surface area contributed by atoms with E-state index in [1.165, 1.54) is 18.2 Å². The molecule has 0 saturated carbocycles. The van der Waals surface area contributed by atoms with Crippen molar-refractivity contribution in [3.63, 3.8) is 0 Å². The van der Waals surface area contributed by atoms with E-state index in [1.807, 2.05) is 0 Å². The number of nitrogens with zero attached hydrogens (tertiary/aromatic N) is 2. The zero-order valence-corrected chi connectivity index (χ0v) is 13.3. The zero-order valence-electron chi connectivity index (χ0n) is 11.8. The first kappa shape index (κ1) is 17.0. The molecular formula is C14H12Cl2N4O3. The van der Waals surface area contributed by atoms with Crippen LogP contribution in [0.2, 0.25) is 10.3 Å². The van der Waals surface area contributed by atoms with Gasteiger partial charge in [0.15, 0.2) is 0 Å². The number of para-hydroxylation sites is 2. The first-order valence-corrected chi connectivity index (χ1v) is 7.31. The van der Waals surface area contributed by atoms with Gasteiger partial charge in [0.05, 0.1) is 4.92 Å². The van der Waals surface area contributed by atoms with E-state index in [2.05, 4.69) is 15.6 Å². The molecule has 0 saturated heterocycles. The van der Waals surface area contributed by atoms with E-state index >= 15 is 0 Å². The first-order valence-electron chi connectivity index (χ1n) is 6.56. The van der Waals surface area contributed by atoms with Crippen LogP contribution in [0.5, 0.6) is 0 Å². The normalized spacial score (nSPS) is 10.2. The van der Waals surface area contributed by atoms with Gasteiger partial charge in [0, 0.05) is 24.7 Å². The molecule has 2 aromatic rings. The van der Waals surface area contributed by atoms with Gasteiger partial charge in [0.2, 0.25) is 5.91 Å². The number of nitrogens with one attached hydrogen (secondary N) is 2. The largest absolute Gasteiger partial charge is 0.379 e. The molecule has 7 nitrogen and oxygen atoms in total. The summed E-state index contributed by atoms with van der Waals surface area (Å²) < 4.78 is 0. The van der Waals surface area contributed by atoms with Crippen molar-refractivity contribution in [2.75, 3.05) is 17.2 Å². The van der Waals surface area contributed by atoms with Gasteiger partial charge in [-0.25, -0.2) is 4.98 Å². The van der Waals surface area contributed by atoms with Crippen LogP contribution < -0.4 is 10.6 Å². The Bertz CT molecular complexity index is 719. The van der Waals surface area contributed by atoms with Crippen LogP contribution in [0.15, 0.2) is 36.4 Å². The summed E-state index contributed by atoms with van der Waals surface area (Å²) in [5, 5.41) is 16.7. The van der Waals surface area contributed by atoms with Crippen LogP contribution in [-0.2, 0) is 4.79 Å². The molecule has 1 aromatic carbocycles. The van der Waals surface area contributed by atoms with Crippen molar-refractivity contribution < 1.29 is 9.72 Å². The minimum absolute atomic E-state index is 0.0411. The number of aromatic nitrogens is 1. The number of amides is 1. The van der Waals surface area contributed by atoms with Crippen LogP contribution in [0.4, 0.5) is 17.1 Å². The van der Waals surface area contributed by atoms with Gasteiger partial charge in [0.1, 0.15) is 16.0 Å². The van der Waals surface area contributed by atoms with Gasteiger partial charge in [-0.1, -0.05) is 35.3 Å². The highest BCUT2D eigenvalue weighted by Crippen LogP contribution is 2.23. The van der Waals surface area contributed by atoms with E-state index < -0.39 is 4.92 Å². The highest BCUT2D eigenvalue weighted by molar-refractivity contribution is 6.32. The fourth-order valence-electron chi connectivity index (χ4n) is 1.85. The summed E-state index contributed by atoms with van der Waals surface area (Å²) in [7, 11) is 0. The summed E-state index contributed by atoms with van der Waals surface area (Å²) >= 11 is 11.5. The van der Waals surface area contributed by atoms with Gasteiger partial charge < -0.3 is 10.6 Å². The average molecular weight is 355 g/mol. The predicted octanol–water partition coefficient (Wildman–Crippen LogP) is 3.74. The molecule has 2 rings (SSSR count). The van der Waals surface area contributed by atoms with Crippen LogP contribution in [0, 0.1) is 10.1 Å².